The Morgan fingerprint density at radius 3 is 1.78 bits per heavy atom. The predicted molar refractivity (Wildman–Crippen MR) is 108 cm³/mol. The first-order valence-electron chi connectivity index (χ1n) is 8.86. The number of hydrogen-bond acceptors (Lipinski definition) is 3. The fourth-order valence-electron chi connectivity index (χ4n) is 3.01. The first-order valence-corrected chi connectivity index (χ1v) is 9.50. The molecule has 27 heavy (non-hydrogen) atoms. The molecule has 6 heteroatoms. The van der Waals surface area contributed by atoms with Gasteiger partial charge in [-0.2, -0.15) is 0 Å². The van der Waals surface area contributed by atoms with E-state index in [1.807, 2.05) is 38.1 Å². The number of carbonyl (C=O) groups excluding carboxylic acids is 1. The molecule has 0 atom stereocenters. The van der Waals surface area contributed by atoms with E-state index >= 15 is 0 Å². The number of halogens is 1. The van der Waals surface area contributed by atoms with Crippen molar-refractivity contribution in [1.29, 1.82) is 0 Å². The van der Waals surface area contributed by atoms with Crippen molar-refractivity contribution in [3.05, 3.63) is 46.5 Å². The average Bonchev–Trinajstić information content (AvgIpc) is 2.62. The molecule has 0 aliphatic carbocycles. The van der Waals surface area contributed by atoms with Gasteiger partial charge in [0.05, 0.1) is 0 Å². The number of carbonyl (C=O) groups is 1. The maximum Gasteiger partial charge on any atom is -0.147 e. The van der Waals surface area contributed by atoms with E-state index in [-0.39, 0.29) is 18.5 Å². The maximum absolute atomic E-state index is 12.5. The quantitative estimate of drug-likeness (QED) is 0.579. The second-order valence-corrected chi connectivity index (χ2v) is 6.72. The van der Waals surface area contributed by atoms with Crippen LogP contribution in [0.3, 0.4) is 0 Å². The summed E-state index contributed by atoms with van der Waals surface area (Å²) >= 11 is 1.67. The van der Waals surface area contributed by atoms with E-state index in [2.05, 4.69) is 27.7 Å². The van der Waals surface area contributed by atoms with Crippen LogP contribution in [-0.2, 0) is 20.8 Å². The molecule has 0 spiro atoms. The summed E-state index contributed by atoms with van der Waals surface area (Å²) in [4.78, 5) is 14.2. The van der Waals surface area contributed by atoms with Gasteiger partial charge in [0.25, 0.3) is 0 Å². The van der Waals surface area contributed by atoms with Gasteiger partial charge in [-0.15, -0.1) is 12.4 Å². The molecule has 0 saturated heterocycles. The Morgan fingerprint density at radius 1 is 0.889 bits per heavy atom. The molecule has 1 amide bonds. The van der Waals surface area contributed by atoms with Crippen molar-refractivity contribution in [2.45, 2.75) is 41.5 Å². The first-order chi connectivity index (χ1) is 12.3. The van der Waals surface area contributed by atoms with Gasteiger partial charge in [-0.1, -0.05) is 0 Å². The van der Waals surface area contributed by atoms with E-state index < -0.39 is 0 Å². The van der Waals surface area contributed by atoms with Gasteiger partial charge in [0.15, 0.2) is 0 Å². The van der Waals surface area contributed by atoms with Gasteiger partial charge >= 0.3 is 168 Å². The Morgan fingerprint density at radius 2 is 1.33 bits per heavy atom. The number of hydrogen-bond donors (Lipinski definition) is 0. The van der Waals surface area contributed by atoms with Crippen LogP contribution in [0.15, 0.2) is 24.3 Å². The van der Waals surface area contributed by atoms with Crippen LogP contribution < -0.4 is 8.06 Å². The second kappa shape index (κ2) is 10.2. The van der Waals surface area contributed by atoms with Gasteiger partial charge in [-0.3, -0.25) is 0 Å². The topological polar surface area (TPSA) is 38.8 Å². The van der Waals surface area contributed by atoms with Gasteiger partial charge in [0.1, 0.15) is 0 Å². The maximum atomic E-state index is 12.5. The molecule has 0 aromatic heterocycles. The molecule has 0 aliphatic rings. The van der Waals surface area contributed by atoms with Crippen LogP contribution >= 0.6 is 12.4 Å². The molecule has 2 rings (SSSR count). The molecule has 0 fully saturated rings. The number of aryl methyl sites for hydroxylation is 2. The third kappa shape index (κ3) is 4.87. The van der Waals surface area contributed by atoms with Crippen LogP contribution in [0.4, 0.5) is 4.79 Å². The predicted octanol–water partition coefficient (Wildman–Crippen LogP) is 5.69. The van der Waals surface area contributed by atoms with Crippen LogP contribution in [0.25, 0.3) is 11.1 Å². The van der Waals surface area contributed by atoms with Crippen molar-refractivity contribution >= 4 is 18.5 Å². The van der Waals surface area contributed by atoms with E-state index in [4.69, 9.17) is 8.06 Å². The number of rotatable bonds is 5. The molecule has 0 radical (unpaired) electrons. The van der Waals surface area contributed by atoms with E-state index in [9.17, 15) is 4.79 Å². The zero-order valence-electron chi connectivity index (χ0n) is 16.8. The van der Waals surface area contributed by atoms with Gasteiger partial charge < -0.3 is 0 Å². The summed E-state index contributed by atoms with van der Waals surface area (Å²) in [7, 11) is 0. The van der Waals surface area contributed by atoms with Crippen LogP contribution in [-0.4, -0.2) is 24.1 Å². The van der Waals surface area contributed by atoms with Gasteiger partial charge in [-0.25, -0.2) is 0 Å². The van der Waals surface area contributed by atoms with Crippen molar-refractivity contribution < 1.29 is 33.7 Å². The Bertz CT molecular complexity index is 820. The Hall–Kier alpha value is -1.49. The Labute approximate surface area is 180 Å². The molecule has 0 saturated carbocycles. The second-order valence-electron chi connectivity index (χ2n) is 6.40. The summed E-state index contributed by atoms with van der Waals surface area (Å²) < 4.78 is 11.4. The first kappa shape index (κ1) is 23.6. The molecule has 145 valence electrons. The molecule has 4 nitrogen and oxygen atoms in total. The summed E-state index contributed by atoms with van der Waals surface area (Å²) in [5.41, 5.74) is 6.42. The zero-order valence-corrected chi connectivity index (χ0v) is 19.2. The SMILES string of the molecule is CCN(CC)C(=O)Oc1ccc(C)c(C)c1-c1c([O][Ti])ccc(C)c1C.Cl. The van der Waals surface area contributed by atoms with Crippen molar-refractivity contribution in [2.75, 3.05) is 13.1 Å². The minimum absolute atomic E-state index is 0. The van der Waals surface area contributed by atoms with Crippen LogP contribution in [0.1, 0.15) is 36.1 Å². The van der Waals surface area contributed by atoms with Crippen LogP contribution in [0.5, 0.6) is 11.5 Å². The molecule has 0 aliphatic heterocycles. The number of benzene rings is 2. The standard InChI is InChI=1S/C21H27NO3.ClH.Ti/c1-7-22(8-2)21(24)25-18-12-10-14(4)16(6)20(18)19-15(5)13(3)9-11-17(19)23;;/h9-12,23H,7-8H2,1-6H3;1H;/q;;+1/p-1. The Balaban J connectivity index is 0.00000364. The minimum atomic E-state index is -0.330. The summed E-state index contributed by atoms with van der Waals surface area (Å²) in [6, 6.07) is 7.88. The summed E-state index contributed by atoms with van der Waals surface area (Å²) in [5, 5.41) is 0. The molecule has 0 unspecified atom stereocenters. The summed E-state index contributed by atoms with van der Waals surface area (Å²) in [6.07, 6.45) is -0.330. The normalized spacial score (nSPS) is 10.1. The third-order valence-electron chi connectivity index (χ3n) is 4.97. The fraction of sp³-hybridized carbons (Fsp3) is 0.381. The van der Waals surface area contributed by atoms with Crippen molar-refractivity contribution in [2.24, 2.45) is 0 Å². The molecule has 2 aromatic rings. The summed E-state index contributed by atoms with van der Waals surface area (Å²) in [6.45, 7) is 13.4. The van der Waals surface area contributed by atoms with Gasteiger partial charge in [0, 0.05) is 0 Å². The van der Waals surface area contributed by atoms with Gasteiger partial charge in [0.2, 0.25) is 0 Å². The van der Waals surface area contributed by atoms with E-state index in [0.29, 0.717) is 18.8 Å². The van der Waals surface area contributed by atoms with Crippen molar-refractivity contribution in [3.8, 4) is 22.6 Å². The molecule has 0 bridgehead atoms. The molecule has 0 N–H and O–H groups in total. The van der Waals surface area contributed by atoms with Crippen molar-refractivity contribution in [3.63, 3.8) is 0 Å². The Kier molecular flexibility index (Phi) is 8.87. The number of ether oxygens (including phenoxy) is 1. The van der Waals surface area contributed by atoms with E-state index in [0.717, 1.165) is 33.6 Å². The smallest absolute Gasteiger partial charge is 0.147 e. The zero-order chi connectivity index (χ0) is 19.4. The average molecular weight is 425 g/mol. The van der Waals surface area contributed by atoms with Crippen LogP contribution in [0, 0.1) is 27.7 Å². The van der Waals surface area contributed by atoms with Crippen LogP contribution in [0.2, 0.25) is 0 Å². The molecule has 0 heterocycles. The van der Waals surface area contributed by atoms with E-state index in [1.54, 1.807) is 25.7 Å². The monoisotopic (exact) mass is 424 g/mol. The molecular formula is C21H27ClNO3Ti. The number of amides is 1. The largest absolute Gasteiger partial charge is 0.147 e. The molecule has 2 aromatic carbocycles. The van der Waals surface area contributed by atoms with Crippen molar-refractivity contribution in [1.82, 2.24) is 4.90 Å². The molecular weight excluding hydrogens is 398 g/mol. The summed E-state index contributed by atoms with van der Waals surface area (Å²) in [5.74, 6) is 1.35. The number of nitrogens with zero attached hydrogens (tertiary/aromatic N) is 1. The third-order valence-corrected chi connectivity index (χ3v) is 5.32. The fourth-order valence-corrected chi connectivity index (χ4v) is 3.28. The van der Waals surface area contributed by atoms with E-state index in [1.165, 1.54) is 5.56 Å². The van der Waals surface area contributed by atoms with Gasteiger partial charge in [-0.05, 0) is 0 Å². The minimum Gasteiger partial charge on any atom is -0.147 e.